The molecule has 1 aromatic rings. The van der Waals surface area contributed by atoms with E-state index in [1.807, 2.05) is 60.8 Å². The van der Waals surface area contributed by atoms with Gasteiger partial charge in [-0.3, -0.25) is 19.5 Å². The van der Waals surface area contributed by atoms with Gasteiger partial charge >= 0.3 is 12.0 Å². The van der Waals surface area contributed by atoms with Gasteiger partial charge < -0.3 is 19.3 Å². The van der Waals surface area contributed by atoms with Crippen LogP contribution in [0.5, 0.6) is 5.75 Å². The second kappa shape index (κ2) is 19.4. The Hall–Kier alpha value is -3.01. The first-order valence-corrected chi connectivity index (χ1v) is 19.3. The molecule has 0 unspecified atom stereocenters. The van der Waals surface area contributed by atoms with Gasteiger partial charge in [0.05, 0.1) is 32.1 Å². The number of nitrogens with one attached hydrogen (secondary N) is 1. The second-order valence-corrected chi connectivity index (χ2v) is 15.8. The van der Waals surface area contributed by atoms with Crippen LogP contribution in [0.3, 0.4) is 0 Å². The fraction of sp³-hybridized carbons (Fsp3) is 0.769. The first-order chi connectivity index (χ1) is 23.5. The Labute approximate surface area is 296 Å². The normalized spacial score (nSPS) is 17.7. The number of hydrogen-bond acceptors (Lipinski definition) is 7. The zero-order valence-electron chi connectivity index (χ0n) is 31.3. The predicted molar refractivity (Wildman–Crippen MR) is 195 cm³/mol. The maximum Gasteiger partial charge on any atom is 0.336 e. The van der Waals surface area contributed by atoms with Gasteiger partial charge in [-0.2, -0.15) is 0 Å². The lowest BCUT2D eigenvalue weighted by Crippen LogP contribution is -2.56. The van der Waals surface area contributed by atoms with E-state index in [1.165, 1.54) is 44.9 Å². The maximum atomic E-state index is 13.4. The van der Waals surface area contributed by atoms with Crippen molar-refractivity contribution in [3.63, 3.8) is 0 Å². The summed E-state index contributed by atoms with van der Waals surface area (Å²) >= 11 is 0. The van der Waals surface area contributed by atoms with Gasteiger partial charge in [-0.1, -0.05) is 85.5 Å². The number of esters is 1. The number of hydrazine groups is 1. The lowest BCUT2D eigenvalue weighted by atomic mass is 9.93. The third-order valence-electron chi connectivity index (χ3n) is 10.2. The number of urea groups is 1. The Morgan fingerprint density at radius 3 is 2.29 bits per heavy atom. The topological polar surface area (TPSA) is 94.7 Å². The van der Waals surface area contributed by atoms with Crippen molar-refractivity contribution >= 4 is 23.6 Å². The minimum absolute atomic E-state index is 0.115. The average molecular weight is 684 g/mol. The van der Waals surface area contributed by atoms with E-state index >= 15 is 0 Å². The molecule has 49 heavy (non-hydrogen) atoms. The van der Waals surface area contributed by atoms with E-state index in [4.69, 9.17) is 9.47 Å². The van der Waals surface area contributed by atoms with Crippen LogP contribution in [-0.4, -0.2) is 84.7 Å². The molecular weight excluding hydrogens is 618 g/mol. The van der Waals surface area contributed by atoms with Crippen LogP contribution >= 0.6 is 0 Å². The average Bonchev–Trinajstić information content (AvgIpc) is 3.09. The Bertz CT molecular complexity index is 1190. The van der Waals surface area contributed by atoms with E-state index in [0.29, 0.717) is 45.3 Å². The third-order valence-corrected chi connectivity index (χ3v) is 10.2. The molecule has 3 amide bonds. The third kappa shape index (κ3) is 12.7. The minimum atomic E-state index is -0.284. The summed E-state index contributed by atoms with van der Waals surface area (Å²) in [5, 5.41) is 1.83. The van der Waals surface area contributed by atoms with Crippen LogP contribution in [0.15, 0.2) is 18.2 Å². The molecule has 0 bridgehead atoms. The molecule has 10 nitrogen and oxygen atoms in total. The van der Waals surface area contributed by atoms with Crippen LogP contribution in [0.1, 0.15) is 136 Å². The smallest absolute Gasteiger partial charge is 0.336 e. The number of fused-ring (bicyclic) bond motifs is 1. The standard InChI is InChI=1S/C39H65N5O5/c1-6-7-8-15-24-43(33-19-13-10-14-20-33)36(45)21-16-25-48-34-22-23-35-31(26-34)27-42(28-37(46)49-29-39(2,3)4)30-44(35)40-38(47)41(5)32-17-11-9-12-18-32/h22-23,26,32-33H,6-21,24-25,27-30H2,1-5H3,(H,40,47). The van der Waals surface area contributed by atoms with Crippen molar-refractivity contribution in [1.29, 1.82) is 0 Å². The molecule has 1 aromatic carbocycles. The number of amides is 3. The zero-order chi connectivity index (χ0) is 35.2. The molecule has 1 heterocycles. The molecule has 2 saturated carbocycles. The molecule has 2 aliphatic carbocycles. The quantitative estimate of drug-likeness (QED) is 0.141. The summed E-state index contributed by atoms with van der Waals surface area (Å²) < 4.78 is 11.8. The molecule has 0 radical (unpaired) electrons. The molecule has 3 aliphatic rings. The molecule has 1 N–H and O–H groups in total. The van der Waals surface area contributed by atoms with Crippen LogP contribution in [-0.2, 0) is 20.9 Å². The number of unbranched alkanes of at least 4 members (excludes halogenated alkanes) is 3. The first kappa shape index (κ1) is 38.8. The van der Waals surface area contributed by atoms with Crippen molar-refractivity contribution in [2.45, 2.75) is 149 Å². The number of carbonyl (C=O) groups is 3. The van der Waals surface area contributed by atoms with Crippen LogP contribution in [0.25, 0.3) is 0 Å². The summed E-state index contributed by atoms with van der Waals surface area (Å²) in [6.45, 7) is 11.0. The fourth-order valence-electron chi connectivity index (χ4n) is 7.33. The number of ether oxygens (including phenoxy) is 2. The Morgan fingerprint density at radius 1 is 0.918 bits per heavy atom. The number of rotatable bonds is 16. The second-order valence-electron chi connectivity index (χ2n) is 15.8. The van der Waals surface area contributed by atoms with Gasteiger partial charge in [-0.25, -0.2) is 10.2 Å². The lowest BCUT2D eigenvalue weighted by Gasteiger charge is -2.40. The van der Waals surface area contributed by atoms with E-state index in [1.54, 1.807) is 0 Å². The van der Waals surface area contributed by atoms with Crippen molar-refractivity contribution < 1.29 is 23.9 Å². The van der Waals surface area contributed by atoms with Crippen molar-refractivity contribution in [1.82, 2.24) is 20.1 Å². The number of anilines is 1. The molecule has 276 valence electrons. The highest BCUT2D eigenvalue weighted by Crippen LogP contribution is 2.31. The summed E-state index contributed by atoms with van der Waals surface area (Å²) in [5.74, 6) is 0.697. The monoisotopic (exact) mass is 683 g/mol. The van der Waals surface area contributed by atoms with Crippen LogP contribution in [0, 0.1) is 5.41 Å². The Balaban J connectivity index is 1.37. The molecule has 0 spiro atoms. The zero-order valence-corrected chi connectivity index (χ0v) is 31.3. The van der Waals surface area contributed by atoms with Gasteiger partial charge in [-0.15, -0.1) is 0 Å². The molecule has 0 saturated heterocycles. The van der Waals surface area contributed by atoms with Gasteiger partial charge in [0.15, 0.2) is 0 Å². The van der Waals surface area contributed by atoms with E-state index in [-0.39, 0.29) is 35.9 Å². The van der Waals surface area contributed by atoms with Crippen LogP contribution in [0.2, 0.25) is 0 Å². The van der Waals surface area contributed by atoms with Gasteiger partial charge in [-0.05, 0) is 67.7 Å². The molecule has 10 heteroatoms. The van der Waals surface area contributed by atoms with E-state index in [0.717, 1.165) is 68.5 Å². The van der Waals surface area contributed by atoms with Gasteiger partial charge in [0.1, 0.15) is 5.75 Å². The highest BCUT2D eigenvalue weighted by Gasteiger charge is 2.30. The van der Waals surface area contributed by atoms with Gasteiger partial charge in [0.25, 0.3) is 0 Å². The highest BCUT2D eigenvalue weighted by atomic mass is 16.5. The summed E-state index contributed by atoms with van der Waals surface area (Å²) in [5.41, 5.74) is 4.85. The number of benzene rings is 1. The van der Waals surface area contributed by atoms with E-state index < -0.39 is 0 Å². The predicted octanol–water partition coefficient (Wildman–Crippen LogP) is 7.65. The molecule has 2 fully saturated rings. The molecule has 0 aromatic heterocycles. The van der Waals surface area contributed by atoms with E-state index in [9.17, 15) is 14.4 Å². The number of hydrogen-bond donors (Lipinski definition) is 1. The summed E-state index contributed by atoms with van der Waals surface area (Å²) in [6.07, 6.45) is 17.4. The largest absolute Gasteiger partial charge is 0.494 e. The van der Waals surface area contributed by atoms with Crippen molar-refractivity contribution in [3.05, 3.63) is 23.8 Å². The number of nitrogens with zero attached hydrogens (tertiary/aromatic N) is 4. The van der Waals surface area contributed by atoms with E-state index in [2.05, 4.69) is 17.2 Å². The lowest BCUT2D eigenvalue weighted by molar-refractivity contribution is -0.148. The van der Waals surface area contributed by atoms with Crippen molar-refractivity contribution in [3.8, 4) is 5.75 Å². The Kier molecular flexibility index (Phi) is 15.4. The summed E-state index contributed by atoms with van der Waals surface area (Å²) in [4.78, 5) is 45.6. The van der Waals surface area contributed by atoms with Gasteiger partial charge in [0, 0.05) is 38.6 Å². The van der Waals surface area contributed by atoms with Crippen molar-refractivity contribution in [2.24, 2.45) is 5.41 Å². The number of carbonyl (C=O) groups excluding carboxylic acids is 3. The minimum Gasteiger partial charge on any atom is -0.494 e. The first-order valence-electron chi connectivity index (χ1n) is 19.3. The molecule has 4 rings (SSSR count). The highest BCUT2D eigenvalue weighted by molar-refractivity contribution is 5.78. The molecule has 1 aliphatic heterocycles. The maximum absolute atomic E-state index is 13.4. The SMILES string of the molecule is CCCCCCN(C(=O)CCCOc1ccc2c(c1)CN(CC(=O)OCC(C)(C)C)CN2NC(=O)N(C)C1CCCCC1)C1CCCCC1. The summed E-state index contributed by atoms with van der Waals surface area (Å²) in [7, 11) is 1.88. The Morgan fingerprint density at radius 2 is 1.61 bits per heavy atom. The van der Waals surface area contributed by atoms with Crippen LogP contribution in [0.4, 0.5) is 10.5 Å². The van der Waals surface area contributed by atoms with Crippen molar-refractivity contribution in [2.75, 3.05) is 45.0 Å². The summed E-state index contributed by atoms with van der Waals surface area (Å²) in [6, 6.07) is 6.39. The molecular formula is C39H65N5O5. The van der Waals surface area contributed by atoms with Crippen LogP contribution < -0.4 is 15.2 Å². The van der Waals surface area contributed by atoms with Gasteiger partial charge in [0.2, 0.25) is 5.91 Å². The fourth-order valence-corrected chi connectivity index (χ4v) is 7.33. The molecule has 0 atom stereocenters.